The van der Waals surface area contributed by atoms with Crippen molar-refractivity contribution in [2.45, 2.75) is 59.5 Å². The van der Waals surface area contributed by atoms with Gasteiger partial charge < -0.3 is 9.32 Å². The van der Waals surface area contributed by atoms with Gasteiger partial charge in [0.15, 0.2) is 0 Å². The third-order valence-corrected chi connectivity index (χ3v) is 4.42. The van der Waals surface area contributed by atoms with Crippen LogP contribution < -0.4 is 0 Å². The van der Waals surface area contributed by atoms with E-state index < -0.39 is 0 Å². The minimum atomic E-state index is 0.102. The van der Waals surface area contributed by atoms with Gasteiger partial charge in [-0.05, 0) is 37.5 Å². The Bertz CT molecular complexity index is 618. The van der Waals surface area contributed by atoms with Gasteiger partial charge >= 0.3 is 0 Å². The molecule has 0 saturated heterocycles. The van der Waals surface area contributed by atoms with E-state index in [-0.39, 0.29) is 11.8 Å². The summed E-state index contributed by atoms with van der Waals surface area (Å²) in [6.07, 6.45) is 4.08. The summed E-state index contributed by atoms with van der Waals surface area (Å²) in [4.78, 5) is 15.0. The molecule has 0 radical (unpaired) electrons. The monoisotopic (exact) mass is 327 g/mol. The van der Waals surface area contributed by atoms with Crippen molar-refractivity contribution in [3.8, 4) is 0 Å². The molecule has 0 saturated carbocycles. The van der Waals surface area contributed by atoms with Crippen molar-refractivity contribution in [2.75, 3.05) is 0 Å². The van der Waals surface area contributed by atoms with Gasteiger partial charge in [-0.15, -0.1) is 0 Å². The van der Waals surface area contributed by atoms with Gasteiger partial charge in [-0.1, -0.05) is 57.0 Å². The van der Waals surface area contributed by atoms with Crippen LogP contribution in [0.2, 0.25) is 0 Å². The van der Waals surface area contributed by atoms with Crippen LogP contribution in [-0.2, 0) is 17.9 Å². The Morgan fingerprint density at radius 3 is 2.42 bits per heavy atom. The predicted octanol–water partition coefficient (Wildman–Crippen LogP) is 5.33. The van der Waals surface area contributed by atoms with Crippen LogP contribution in [0.25, 0.3) is 0 Å². The maximum Gasteiger partial charge on any atom is 0.226 e. The summed E-state index contributed by atoms with van der Waals surface area (Å²) in [6.45, 7) is 7.37. The molecule has 1 aromatic carbocycles. The molecule has 0 fully saturated rings. The molecular weight excluding hydrogens is 298 g/mol. The summed E-state index contributed by atoms with van der Waals surface area (Å²) in [6, 6.07) is 14.1. The Balaban J connectivity index is 2.15. The fourth-order valence-electron chi connectivity index (χ4n) is 2.98. The third kappa shape index (κ3) is 5.26. The molecule has 1 heterocycles. The van der Waals surface area contributed by atoms with Crippen LogP contribution in [0.4, 0.5) is 0 Å². The number of rotatable bonds is 9. The number of hydrogen-bond acceptors (Lipinski definition) is 2. The summed E-state index contributed by atoms with van der Waals surface area (Å²) in [7, 11) is 0. The number of amides is 1. The molecule has 0 bridgehead atoms. The van der Waals surface area contributed by atoms with E-state index >= 15 is 0 Å². The summed E-state index contributed by atoms with van der Waals surface area (Å²) < 4.78 is 5.70. The Kier molecular flexibility index (Phi) is 7.10. The molecule has 24 heavy (non-hydrogen) atoms. The lowest BCUT2D eigenvalue weighted by atomic mass is 9.97. The van der Waals surface area contributed by atoms with E-state index in [0.29, 0.717) is 13.1 Å². The molecule has 3 nitrogen and oxygen atoms in total. The van der Waals surface area contributed by atoms with Crippen LogP contribution in [0.15, 0.2) is 46.9 Å². The Hall–Kier alpha value is -2.03. The lowest BCUT2D eigenvalue weighted by Gasteiger charge is -2.26. The van der Waals surface area contributed by atoms with Crippen LogP contribution in [-0.4, -0.2) is 10.8 Å². The molecule has 0 spiro atoms. The zero-order valence-corrected chi connectivity index (χ0v) is 15.1. The first-order valence-corrected chi connectivity index (χ1v) is 9.02. The molecule has 1 unspecified atom stereocenters. The second kappa shape index (κ2) is 9.31. The quantitative estimate of drug-likeness (QED) is 0.623. The van der Waals surface area contributed by atoms with Crippen LogP contribution in [0.1, 0.15) is 56.6 Å². The molecule has 1 aromatic heterocycles. The second-order valence-electron chi connectivity index (χ2n) is 6.44. The van der Waals surface area contributed by atoms with Gasteiger partial charge in [-0.2, -0.15) is 0 Å². The molecule has 2 rings (SSSR count). The summed E-state index contributed by atoms with van der Waals surface area (Å²) in [5.74, 6) is 2.07. The molecule has 130 valence electrons. The molecule has 1 atom stereocenters. The van der Waals surface area contributed by atoms with Gasteiger partial charge in [0.1, 0.15) is 11.5 Å². The standard InChI is InChI=1S/C21H29NO2/c1-4-6-12-19(5-2)21(23)22(15-18-10-8-7-9-11-18)16-20-14-13-17(3)24-20/h7-11,13-14,19H,4-6,12,15-16H2,1-3H3. The van der Waals surface area contributed by atoms with Crippen molar-refractivity contribution >= 4 is 5.91 Å². The number of hydrogen-bond donors (Lipinski definition) is 0. The topological polar surface area (TPSA) is 33.5 Å². The van der Waals surface area contributed by atoms with Crippen molar-refractivity contribution in [3.63, 3.8) is 0 Å². The van der Waals surface area contributed by atoms with Gasteiger partial charge in [0, 0.05) is 12.5 Å². The molecule has 3 heteroatoms. The van der Waals surface area contributed by atoms with Crippen molar-refractivity contribution in [3.05, 3.63) is 59.5 Å². The van der Waals surface area contributed by atoms with Crippen molar-refractivity contribution in [1.29, 1.82) is 0 Å². The van der Waals surface area contributed by atoms with E-state index in [1.165, 1.54) is 0 Å². The lowest BCUT2D eigenvalue weighted by molar-refractivity contribution is -0.137. The van der Waals surface area contributed by atoms with Crippen LogP contribution in [0.5, 0.6) is 0 Å². The molecule has 1 amide bonds. The zero-order chi connectivity index (χ0) is 17.4. The van der Waals surface area contributed by atoms with E-state index in [1.54, 1.807) is 0 Å². The minimum absolute atomic E-state index is 0.102. The summed E-state index contributed by atoms with van der Waals surface area (Å²) in [5.41, 5.74) is 1.15. The van der Waals surface area contributed by atoms with Crippen molar-refractivity contribution in [2.24, 2.45) is 5.92 Å². The zero-order valence-electron chi connectivity index (χ0n) is 15.1. The normalized spacial score (nSPS) is 12.1. The summed E-state index contributed by atoms with van der Waals surface area (Å²) in [5, 5.41) is 0. The van der Waals surface area contributed by atoms with Gasteiger partial charge in [0.05, 0.1) is 6.54 Å². The number of unbranched alkanes of at least 4 members (excludes halogenated alkanes) is 1. The number of carbonyl (C=O) groups is 1. The number of furan rings is 1. The SMILES string of the molecule is CCCCC(CC)C(=O)N(Cc1ccccc1)Cc1ccc(C)o1. The maximum absolute atomic E-state index is 13.1. The van der Waals surface area contributed by atoms with E-state index in [1.807, 2.05) is 42.2 Å². The molecule has 0 N–H and O–H groups in total. The number of benzene rings is 1. The van der Waals surface area contributed by atoms with Gasteiger partial charge in [0.25, 0.3) is 0 Å². The van der Waals surface area contributed by atoms with Crippen molar-refractivity contribution < 1.29 is 9.21 Å². The first kappa shape index (κ1) is 18.3. The van der Waals surface area contributed by atoms with Gasteiger partial charge in [-0.25, -0.2) is 0 Å². The number of nitrogens with zero attached hydrogens (tertiary/aromatic N) is 1. The van der Waals surface area contributed by atoms with E-state index in [4.69, 9.17) is 4.42 Å². The lowest BCUT2D eigenvalue weighted by Crippen LogP contribution is -2.35. The molecule has 0 aliphatic rings. The summed E-state index contributed by atoms with van der Waals surface area (Å²) >= 11 is 0. The van der Waals surface area contributed by atoms with Crippen LogP contribution in [0, 0.1) is 12.8 Å². The first-order valence-electron chi connectivity index (χ1n) is 9.02. The maximum atomic E-state index is 13.1. The highest BCUT2D eigenvalue weighted by molar-refractivity contribution is 5.78. The number of carbonyl (C=O) groups excluding carboxylic acids is 1. The average Bonchev–Trinajstić information content (AvgIpc) is 3.00. The largest absolute Gasteiger partial charge is 0.464 e. The number of aryl methyl sites for hydroxylation is 1. The molecule has 0 aliphatic heterocycles. The Morgan fingerprint density at radius 2 is 1.83 bits per heavy atom. The van der Waals surface area contributed by atoms with Crippen molar-refractivity contribution in [1.82, 2.24) is 4.90 Å². The highest BCUT2D eigenvalue weighted by atomic mass is 16.3. The Labute approximate surface area is 145 Å². The Morgan fingerprint density at radius 1 is 1.08 bits per heavy atom. The van der Waals surface area contributed by atoms with E-state index in [2.05, 4.69) is 26.0 Å². The second-order valence-corrected chi connectivity index (χ2v) is 6.44. The van der Waals surface area contributed by atoms with Gasteiger partial charge in [-0.3, -0.25) is 4.79 Å². The third-order valence-electron chi connectivity index (χ3n) is 4.42. The smallest absolute Gasteiger partial charge is 0.226 e. The van der Waals surface area contributed by atoms with E-state index in [0.717, 1.165) is 42.8 Å². The molecule has 2 aromatic rings. The van der Waals surface area contributed by atoms with Crippen LogP contribution in [0.3, 0.4) is 0 Å². The fraction of sp³-hybridized carbons (Fsp3) is 0.476. The van der Waals surface area contributed by atoms with Crippen LogP contribution >= 0.6 is 0 Å². The molecule has 0 aliphatic carbocycles. The van der Waals surface area contributed by atoms with Gasteiger partial charge in [0.2, 0.25) is 5.91 Å². The highest BCUT2D eigenvalue weighted by Gasteiger charge is 2.23. The average molecular weight is 327 g/mol. The van der Waals surface area contributed by atoms with E-state index in [9.17, 15) is 4.79 Å². The molecular formula is C21H29NO2. The fourth-order valence-corrected chi connectivity index (χ4v) is 2.98. The highest BCUT2D eigenvalue weighted by Crippen LogP contribution is 2.20. The first-order chi connectivity index (χ1) is 11.6. The predicted molar refractivity (Wildman–Crippen MR) is 97.4 cm³/mol. The minimum Gasteiger partial charge on any atom is -0.464 e.